The molecule has 0 unspecified atom stereocenters. The molecule has 1 fully saturated rings. The van der Waals surface area contributed by atoms with E-state index in [1.807, 2.05) is 6.07 Å². The molecule has 1 aliphatic heterocycles. The minimum Gasteiger partial charge on any atom is -0.486 e. The molecule has 3 heteroatoms. The van der Waals surface area contributed by atoms with Gasteiger partial charge in [0.15, 0.2) is 11.5 Å². The van der Waals surface area contributed by atoms with Gasteiger partial charge in [0, 0.05) is 17.8 Å². The maximum Gasteiger partial charge on any atom is 0.163 e. The third kappa shape index (κ3) is 2.96. The van der Waals surface area contributed by atoms with Crippen LogP contribution in [0.3, 0.4) is 0 Å². The fraction of sp³-hybridized carbons (Fsp3) is 0.625. The maximum absolute atomic E-state index is 5.62. The molecule has 3 nitrogen and oxygen atoms in total. The van der Waals surface area contributed by atoms with Crippen molar-refractivity contribution in [1.82, 2.24) is 0 Å². The predicted octanol–water partition coefficient (Wildman–Crippen LogP) is 3.84. The van der Waals surface area contributed by atoms with Gasteiger partial charge < -0.3 is 14.8 Å². The van der Waals surface area contributed by atoms with Crippen molar-refractivity contribution < 1.29 is 9.47 Å². The largest absolute Gasteiger partial charge is 0.486 e. The summed E-state index contributed by atoms with van der Waals surface area (Å²) in [6.07, 6.45) is 6.62. The van der Waals surface area contributed by atoms with Gasteiger partial charge >= 0.3 is 0 Å². The fourth-order valence-corrected chi connectivity index (χ4v) is 3.08. The minimum atomic E-state index is 0.616. The van der Waals surface area contributed by atoms with Gasteiger partial charge in [0.1, 0.15) is 13.2 Å². The quantitative estimate of drug-likeness (QED) is 0.896. The molecule has 1 aromatic carbocycles. The van der Waals surface area contributed by atoms with Gasteiger partial charge in [0.05, 0.1) is 0 Å². The van der Waals surface area contributed by atoms with Gasteiger partial charge in [-0.1, -0.05) is 13.3 Å². The van der Waals surface area contributed by atoms with E-state index < -0.39 is 0 Å². The summed E-state index contributed by atoms with van der Waals surface area (Å²) in [7, 11) is 0. The van der Waals surface area contributed by atoms with E-state index >= 15 is 0 Å². The van der Waals surface area contributed by atoms with Crippen molar-refractivity contribution in [3.63, 3.8) is 0 Å². The average Bonchev–Trinajstić information content (AvgIpc) is 2.48. The number of rotatable bonds is 3. The van der Waals surface area contributed by atoms with E-state index in [2.05, 4.69) is 24.4 Å². The van der Waals surface area contributed by atoms with Crippen molar-refractivity contribution in [3.05, 3.63) is 18.2 Å². The Kier molecular flexibility index (Phi) is 3.81. The minimum absolute atomic E-state index is 0.616. The Labute approximate surface area is 115 Å². The van der Waals surface area contributed by atoms with Crippen LogP contribution >= 0.6 is 0 Å². The molecule has 1 heterocycles. The zero-order valence-electron chi connectivity index (χ0n) is 11.7. The summed E-state index contributed by atoms with van der Waals surface area (Å²) < 4.78 is 11.2. The fourth-order valence-electron chi connectivity index (χ4n) is 3.08. The Hall–Kier alpha value is -1.38. The molecule has 0 radical (unpaired) electrons. The molecule has 0 amide bonds. The zero-order chi connectivity index (χ0) is 13.1. The second-order valence-electron chi connectivity index (χ2n) is 5.63. The first-order valence-electron chi connectivity index (χ1n) is 7.51. The number of anilines is 1. The topological polar surface area (TPSA) is 30.5 Å². The average molecular weight is 261 g/mol. The van der Waals surface area contributed by atoms with Crippen LogP contribution < -0.4 is 14.8 Å². The molecule has 104 valence electrons. The zero-order valence-corrected chi connectivity index (χ0v) is 11.7. The maximum atomic E-state index is 5.62. The molecule has 19 heavy (non-hydrogen) atoms. The van der Waals surface area contributed by atoms with Crippen LogP contribution in [0.15, 0.2) is 18.2 Å². The molecule has 0 atom stereocenters. The van der Waals surface area contributed by atoms with Crippen LogP contribution in [0.2, 0.25) is 0 Å². The van der Waals surface area contributed by atoms with Crippen LogP contribution in [0.4, 0.5) is 5.69 Å². The molecule has 1 N–H and O–H groups in total. The van der Waals surface area contributed by atoms with Gasteiger partial charge in [-0.15, -0.1) is 0 Å². The van der Waals surface area contributed by atoms with E-state index in [0.717, 1.165) is 23.1 Å². The van der Waals surface area contributed by atoms with Crippen molar-refractivity contribution in [2.75, 3.05) is 18.5 Å². The molecule has 1 saturated carbocycles. The monoisotopic (exact) mass is 261 g/mol. The van der Waals surface area contributed by atoms with Crippen molar-refractivity contribution in [2.45, 2.75) is 45.1 Å². The van der Waals surface area contributed by atoms with Gasteiger partial charge in [-0.3, -0.25) is 0 Å². The molecule has 0 spiro atoms. The summed E-state index contributed by atoms with van der Waals surface area (Å²) in [4.78, 5) is 0. The second-order valence-corrected chi connectivity index (χ2v) is 5.63. The molecular formula is C16H23NO2. The molecule has 0 bridgehead atoms. The number of ether oxygens (including phenoxy) is 2. The van der Waals surface area contributed by atoms with Gasteiger partial charge in [-0.2, -0.15) is 0 Å². The lowest BCUT2D eigenvalue weighted by Gasteiger charge is -2.29. The van der Waals surface area contributed by atoms with Gasteiger partial charge in [-0.25, -0.2) is 0 Å². The third-order valence-electron chi connectivity index (χ3n) is 4.34. The van der Waals surface area contributed by atoms with E-state index in [-0.39, 0.29) is 0 Å². The molecule has 1 aromatic rings. The van der Waals surface area contributed by atoms with Crippen LogP contribution in [-0.2, 0) is 0 Å². The first-order valence-corrected chi connectivity index (χ1v) is 7.51. The van der Waals surface area contributed by atoms with Gasteiger partial charge in [0.25, 0.3) is 0 Å². The van der Waals surface area contributed by atoms with E-state index in [1.165, 1.54) is 32.1 Å². The lowest BCUT2D eigenvalue weighted by atomic mass is 9.84. The summed E-state index contributed by atoms with van der Waals surface area (Å²) in [6, 6.07) is 6.79. The second kappa shape index (κ2) is 5.72. The van der Waals surface area contributed by atoms with Crippen LogP contribution in [-0.4, -0.2) is 19.3 Å². The first kappa shape index (κ1) is 12.6. The summed E-state index contributed by atoms with van der Waals surface area (Å²) in [5.74, 6) is 2.68. The normalized spacial score (nSPS) is 25.9. The molecule has 0 aromatic heterocycles. The van der Waals surface area contributed by atoms with Crippen LogP contribution in [0.1, 0.15) is 39.0 Å². The van der Waals surface area contributed by atoms with Crippen LogP contribution in [0.5, 0.6) is 11.5 Å². The lowest BCUT2D eigenvalue weighted by Crippen LogP contribution is -2.26. The molecule has 2 aliphatic rings. The molecule has 3 rings (SSSR count). The SMILES string of the molecule is CCC1CCC(Nc2ccc3c(c2)OCCO3)CC1. The summed E-state index contributed by atoms with van der Waals surface area (Å²) in [6.45, 7) is 3.61. The standard InChI is InChI=1S/C16H23NO2/c1-2-12-3-5-13(6-4-12)17-14-7-8-15-16(11-14)19-10-9-18-15/h7-8,11-13,17H,2-6,9-10H2,1H3. The van der Waals surface area contributed by atoms with E-state index in [4.69, 9.17) is 9.47 Å². The predicted molar refractivity (Wildman–Crippen MR) is 77.1 cm³/mol. The molecule has 1 aliphatic carbocycles. The Balaban J connectivity index is 1.61. The highest BCUT2D eigenvalue weighted by Gasteiger charge is 2.20. The Bertz CT molecular complexity index is 425. The van der Waals surface area contributed by atoms with Gasteiger partial charge in [-0.05, 0) is 43.7 Å². The number of hydrogen-bond acceptors (Lipinski definition) is 3. The number of nitrogens with one attached hydrogen (secondary N) is 1. The Morgan fingerprint density at radius 3 is 2.53 bits per heavy atom. The highest BCUT2D eigenvalue weighted by Crippen LogP contribution is 2.34. The summed E-state index contributed by atoms with van der Waals surface area (Å²) in [5, 5.41) is 3.64. The summed E-state index contributed by atoms with van der Waals surface area (Å²) in [5.41, 5.74) is 1.16. The highest BCUT2D eigenvalue weighted by atomic mass is 16.6. The number of hydrogen-bond donors (Lipinski definition) is 1. The molecule has 0 saturated heterocycles. The molecular weight excluding hydrogens is 238 g/mol. The number of benzene rings is 1. The van der Waals surface area contributed by atoms with E-state index in [9.17, 15) is 0 Å². The van der Waals surface area contributed by atoms with Crippen LogP contribution in [0, 0.1) is 5.92 Å². The van der Waals surface area contributed by atoms with E-state index in [1.54, 1.807) is 0 Å². The lowest BCUT2D eigenvalue weighted by molar-refractivity contribution is 0.171. The van der Waals surface area contributed by atoms with Crippen molar-refractivity contribution >= 4 is 5.69 Å². The van der Waals surface area contributed by atoms with Crippen molar-refractivity contribution in [2.24, 2.45) is 5.92 Å². The van der Waals surface area contributed by atoms with Gasteiger partial charge in [0.2, 0.25) is 0 Å². The highest BCUT2D eigenvalue weighted by molar-refractivity contribution is 5.55. The Morgan fingerprint density at radius 2 is 1.79 bits per heavy atom. The smallest absolute Gasteiger partial charge is 0.163 e. The van der Waals surface area contributed by atoms with Crippen LogP contribution in [0.25, 0.3) is 0 Å². The van der Waals surface area contributed by atoms with E-state index in [0.29, 0.717) is 19.3 Å². The van der Waals surface area contributed by atoms with Crippen molar-refractivity contribution in [1.29, 1.82) is 0 Å². The summed E-state index contributed by atoms with van der Waals surface area (Å²) >= 11 is 0. The number of fused-ring (bicyclic) bond motifs is 1. The van der Waals surface area contributed by atoms with Crippen molar-refractivity contribution in [3.8, 4) is 11.5 Å². The first-order chi connectivity index (χ1) is 9.35. The third-order valence-corrected chi connectivity index (χ3v) is 4.34. The Morgan fingerprint density at radius 1 is 1.05 bits per heavy atom.